The zero-order valence-electron chi connectivity index (χ0n) is 18.3. The number of guanidine groups is 1. The van der Waals surface area contributed by atoms with E-state index >= 15 is 0 Å². The highest BCUT2D eigenvalue weighted by atomic mass is 79.9. The van der Waals surface area contributed by atoms with Crippen LogP contribution in [-0.2, 0) is 15.6 Å². The van der Waals surface area contributed by atoms with Gasteiger partial charge in [-0.1, -0.05) is 34.1 Å². The molecule has 3 heterocycles. The predicted molar refractivity (Wildman–Crippen MR) is 140 cm³/mol. The van der Waals surface area contributed by atoms with Crippen LogP contribution >= 0.6 is 27.3 Å². The molecule has 1 fully saturated rings. The monoisotopic (exact) mass is 556 g/mol. The summed E-state index contributed by atoms with van der Waals surface area (Å²) in [6, 6.07) is 17.4. The van der Waals surface area contributed by atoms with Crippen molar-refractivity contribution in [1.29, 1.82) is 5.41 Å². The molecule has 0 amide bonds. The van der Waals surface area contributed by atoms with Crippen LogP contribution in [0.1, 0.15) is 12.5 Å². The molecule has 0 bridgehead atoms. The van der Waals surface area contributed by atoms with Gasteiger partial charge in [0.05, 0.1) is 22.5 Å². The first kappa shape index (κ1) is 22.8. The molecule has 3 N–H and O–H groups in total. The van der Waals surface area contributed by atoms with E-state index < -0.39 is 15.6 Å². The molecule has 34 heavy (non-hydrogen) atoms. The Labute approximate surface area is 209 Å². The van der Waals surface area contributed by atoms with Gasteiger partial charge in [0.25, 0.3) is 0 Å². The van der Waals surface area contributed by atoms with Gasteiger partial charge in [0, 0.05) is 28.0 Å². The van der Waals surface area contributed by atoms with Crippen LogP contribution in [0.5, 0.6) is 0 Å². The number of rotatable bonds is 4. The Morgan fingerprint density at radius 3 is 2.76 bits per heavy atom. The zero-order valence-corrected chi connectivity index (χ0v) is 21.6. The van der Waals surface area contributed by atoms with Gasteiger partial charge in [-0.25, -0.2) is 22.7 Å². The molecule has 4 aromatic rings. The van der Waals surface area contributed by atoms with E-state index in [4.69, 9.17) is 10.4 Å². The largest absolute Gasteiger partial charge is 0.345 e. The minimum Gasteiger partial charge on any atom is -0.345 e. The molecule has 11 heteroatoms. The molecule has 2 aromatic heterocycles. The molecule has 0 radical (unpaired) electrons. The van der Waals surface area contributed by atoms with Crippen LogP contribution in [0.2, 0.25) is 0 Å². The van der Waals surface area contributed by atoms with Gasteiger partial charge >= 0.3 is 0 Å². The highest BCUT2D eigenvalue weighted by molar-refractivity contribution is 9.10. The summed E-state index contributed by atoms with van der Waals surface area (Å²) in [6.07, 6.45) is 0. The van der Waals surface area contributed by atoms with Crippen LogP contribution in [0.4, 0.5) is 10.8 Å². The van der Waals surface area contributed by atoms with Crippen LogP contribution in [-0.4, -0.2) is 41.5 Å². The van der Waals surface area contributed by atoms with Crippen LogP contribution in [0.15, 0.2) is 64.5 Å². The maximum atomic E-state index is 12.5. The number of nitrogens with one attached hydrogen (secondary N) is 3. The lowest BCUT2D eigenvalue weighted by atomic mass is 9.93. The highest BCUT2D eigenvalue weighted by Gasteiger charge is 2.41. The topological polar surface area (TPSA) is 111 Å². The Hall–Kier alpha value is -3.02. The number of benzene rings is 2. The van der Waals surface area contributed by atoms with E-state index in [2.05, 4.69) is 31.5 Å². The first-order valence-corrected chi connectivity index (χ1v) is 13.6. The molecule has 1 atom stereocenters. The van der Waals surface area contributed by atoms with Gasteiger partial charge in [0.1, 0.15) is 5.69 Å². The minimum absolute atomic E-state index is 0.145. The Kier molecular flexibility index (Phi) is 5.58. The highest BCUT2D eigenvalue weighted by Crippen LogP contribution is 2.32. The fourth-order valence-corrected chi connectivity index (χ4v) is 6.47. The second kappa shape index (κ2) is 8.33. The first-order chi connectivity index (χ1) is 16.1. The Morgan fingerprint density at radius 1 is 1.15 bits per heavy atom. The van der Waals surface area contributed by atoms with E-state index in [1.165, 1.54) is 18.4 Å². The molecule has 0 aliphatic carbocycles. The summed E-state index contributed by atoms with van der Waals surface area (Å²) in [6.45, 7) is 1.79. The zero-order chi connectivity index (χ0) is 24.1. The average molecular weight is 557 g/mol. The van der Waals surface area contributed by atoms with Crippen molar-refractivity contribution in [3.63, 3.8) is 0 Å². The summed E-state index contributed by atoms with van der Waals surface area (Å²) in [4.78, 5) is 9.41. The Balaban J connectivity index is 1.39. The molecular weight excluding hydrogens is 536 g/mol. The Bertz CT molecular complexity index is 1540. The van der Waals surface area contributed by atoms with Crippen molar-refractivity contribution >= 4 is 65.0 Å². The van der Waals surface area contributed by atoms with Crippen molar-refractivity contribution < 1.29 is 8.42 Å². The molecule has 1 aliphatic rings. The number of hydrogen-bond donors (Lipinski definition) is 3. The molecule has 0 unspecified atom stereocenters. The first-order valence-electron chi connectivity index (χ1n) is 10.4. The average Bonchev–Trinajstić information content (AvgIpc) is 3.25. The van der Waals surface area contributed by atoms with Crippen molar-refractivity contribution in [2.45, 2.75) is 12.5 Å². The number of anilines is 2. The van der Waals surface area contributed by atoms with Crippen LogP contribution in [0, 0.1) is 5.41 Å². The van der Waals surface area contributed by atoms with Gasteiger partial charge in [0.15, 0.2) is 5.13 Å². The third-order valence-electron chi connectivity index (χ3n) is 5.77. The van der Waals surface area contributed by atoms with Crippen molar-refractivity contribution in [3.8, 4) is 11.4 Å². The standard InChI is InChI=1S/C23H21BrN6O2S2/c1-23(13-34(31,32)30(2)21(25)29-23)15-4-3-5-17(11-15)26-22-28-20(12-33-22)19-8-6-14-10-16(24)7-9-18(14)27-19/h3-12H,13H2,1-2H3,(H2,25,29)(H,26,28)/t23-/m0/s1. The van der Waals surface area contributed by atoms with Crippen molar-refractivity contribution in [1.82, 2.24) is 19.6 Å². The van der Waals surface area contributed by atoms with Crippen molar-refractivity contribution in [3.05, 3.63) is 70.0 Å². The van der Waals surface area contributed by atoms with Crippen LogP contribution in [0.25, 0.3) is 22.3 Å². The number of pyridine rings is 1. The molecule has 0 saturated carbocycles. The number of thiazole rings is 1. The number of nitrogens with zero attached hydrogens (tertiary/aromatic N) is 3. The fraction of sp³-hybridized carbons (Fsp3) is 0.174. The van der Waals surface area contributed by atoms with Crippen LogP contribution in [0.3, 0.4) is 0 Å². The number of sulfonamides is 1. The maximum Gasteiger partial charge on any atom is 0.239 e. The maximum absolute atomic E-state index is 12.5. The molecule has 174 valence electrons. The van der Waals surface area contributed by atoms with Gasteiger partial charge in [-0.15, -0.1) is 11.3 Å². The summed E-state index contributed by atoms with van der Waals surface area (Å²) in [5.41, 5.74) is 3.09. The van der Waals surface area contributed by atoms with Crippen LogP contribution < -0.4 is 10.6 Å². The molecule has 0 spiro atoms. The van der Waals surface area contributed by atoms with Crippen molar-refractivity contribution in [2.75, 3.05) is 18.1 Å². The van der Waals surface area contributed by atoms with Gasteiger partial charge in [-0.2, -0.15) is 0 Å². The number of fused-ring (bicyclic) bond motifs is 1. The van der Waals surface area contributed by atoms with E-state index in [0.29, 0.717) is 5.13 Å². The second-order valence-corrected chi connectivity index (χ2v) is 12.1. The number of aromatic nitrogens is 2. The number of hydrogen-bond acceptors (Lipinski definition) is 7. The summed E-state index contributed by atoms with van der Waals surface area (Å²) < 4.78 is 27.0. The van der Waals surface area contributed by atoms with Gasteiger partial charge in [0.2, 0.25) is 16.0 Å². The second-order valence-electron chi connectivity index (χ2n) is 8.31. The predicted octanol–water partition coefficient (Wildman–Crippen LogP) is 4.88. The third-order valence-corrected chi connectivity index (χ3v) is 8.98. The van der Waals surface area contributed by atoms with E-state index in [1.54, 1.807) is 6.92 Å². The van der Waals surface area contributed by atoms with Gasteiger partial charge in [-0.05, 0) is 48.9 Å². The van der Waals surface area contributed by atoms with E-state index in [1.807, 2.05) is 60.0 Å². The molecule has 1 saturated heterocycles. The number of halogens is 1. The summed E-state index contributed by atoms with van der Waals surface area (Å²) in [5.74, 6) is -0.291. The third kappa shape index (κ3) is 4.26. The van der Waals surface area contributed by atoms with E-state index in [0.717, 1.165) is 42.3 Å². The molecule has 2 aromatic carbocycles. The smallest absolute Gasteiger partial charge is 0.239 e. The quantitative estimate of drug-likeness (QED) is 0.330. The summed E-state index contributed by atoms with van der Waals surface area (Å²) >= 11 is 4.95. The lowest BCUT2D eigenvalue weighted by Crippen LogP contribution is -2.60. The SMILES string of the molecule is CN1C(=N)N[C@](C)(c2cccc(Nc3nc(-c4ccc5cc(Br)ccc5n4)cs3)c2)CS1(=O)=O. The molecule has 1 aliphatic heterocycles. The Morgan fingerprint density at radius 2 is 1.97 bits per heavy atom. The lowest BCUT2D eigenvalue weighted by molar-refractivity contribution is 0.418. The van der Waals surface area contributed by atoms with Gasteiger partial charge in [-0.3, -0.25) is 5.41 Å². The lowest BCUT2D eigenvalue weighted by Gasteiger charge is -2.40. The summed E-state index contributed by atoms with van der Waals surface area (Å²) in [5, 5.41) is 18.1. The van der Waals surface area contributed by atoms with Gasteiger partial charge < -0.3 is 10.6 Å². The normalized spacial score (nSPS) is 19.7. The molecule has 8 nitrogen and oxygen atoms in total. The molecular formula is C23H21BrN6O2S2. The fourth-order valence-electron chi connectivity index (χ4n) is 3.88. The minimum atomic E-state index is -3.58. The molecule has 5 rings (SSSR count). The van der Waals surface area contributed by atoms with E-state index in [9.17, 15) is 8.42 Å². The van der Waals surface area contributed by atoms with Crippen molar-refractivity contribution in [2.24, 2.45) is 0 Å². The summed E-state index contributed by atoms with van der Waals surface area (Å²) in [7, 11) is -2.20. The van der Waals surface area contributed by atoms with E-state index in [-0.39, 0.29) is 11.7 Å².